The quantitative estimate of drug-likeness (QED) is 0.263. The maximum Gasteiger partial charge on any atom is 0.265 e. The molecule has 1 aromatic carbocycles. The maximum absolute atomic E-state index is 13.0. The second kappa shape index (κ2) is 12.4. The zero-order valence-corrected chi connectivity index (χ0v) is 25.0. The molecule has 0 aliphatic carbocycles. The summed E-state index contributed by atoms with van der Waals surface area (Å²) in [6, 6.07) is 5.64. The van der Waals surface area contributed by atoms with Crippen LogP contribution in [0.3, 0.4) is 0 Å². The van der Waals surface area contributed by atoms with Gasteiger partial charge in [-0.25, -0.2) is 19.6 Å². The molecule has 42 heavy (non-hydrogen) atoms. The largest absolute Gasteiger partial charge is 0.482 e. The highest BCUT2D eigenvalue weighted by Crippen LogP contribution is 2.41. The molecule has 12 heteroatoms. The van der Waals surface area contributed by atoms with Crippen molar-refractivity contribution in [1.82, 2.24) is 30.0 Å². The Hall–Kier alpha value is -4.09. The molecule has 2 amide bonds. The lowest BCUT2D eigenvalue weighted by molar-refractivity contribution is -0.121. The topological polar surface area (TPSA) is 141 Å². The van der Waals surface area contributed by atoms with E-state index in [0.29, 0.717) is 51.2 Å². The smallest absolute Gasteiger partial charge is 0.265 e. The molecule has 0 fully saturated rings. The number of hydrogen-bond acceptors (Lipinski definition) is 8. The fraction of sp³-hybridized carbons (Fsp3) is 0.400. The minimum atomic E-state index is -0.555. The molecular formula is C30H35ClN8O3. The van der Waals surface area contributed by atoms with Gasteiger partial charge >= 0.3 is 0 Å². The SMILES string of the molecule is CCC(CCNC)n1ncc2c(-c3ccc4c(c3)OCC(=O)N4Cc3ncc(Cl)cn3)c(C(N)=O)c(CC(C)C)nc21. The third-order valence-corrected chi connectivity index (χ3v) is 7.57. The van der Waals surface area contributed by atoms with E-state index < -0.39 is 5.91 Å². The maximum atomic E-state index is 13.0. The van der Waals surface area contributed by atoms with E-state index in [4.69, 9.17) is 32.2 Å². The van der Waals surface area contributed by atoms with Gasteiger partial charge in [0, 0.05) is 23.3 Å². The average Bonchev–Trinajstić information content (AvgIpc) is 3.38. The zero-order chi connectivity index (χ0) is 30.0. The number of primary amides is 1. The highest BCUT2D eigenvalue weighted by Gasteiger charge is 2.29. The summed E-state index contributed by atoms with van der Waals surface area (Å²) in [7, 11) is 1.93. The summed E-state index contributed by atoms with van der Waals surface area (Å²) in [6.07, 6.45) is 7.08. The first kappa shape index (κ1) is 29.4. The first-order valence-electron chi connectivity index (χ1n) is 14.1. The van der Waals surface area contributed by atoms with Crippen LogP contribution in [0.25, 0.3) is 22.2 Å². The van der Waals surface area contributed by atoms with Gasteiger partial charge in [-0.05, 0) is 56.5 Å². The summed E-state index contributed by atoms with van der Waals surface area (Å²) in [5.41, 5.74) is 9.72. The standard InChI is InChI=1S/C30H35ClN8O3/c1-5-20(8-9-33-4)39-30-21(14-36-39)27(28(29(32)41)22(37-30)10-17(2)3)18-6-7-23-24(11-18)42-16-26(40)38(23)15-25-34-12-19(31)13-35-25/h6-7,11-14,17,20,33H,5,8-10,15-16H2,1-4H3,(H2,32,41). The van der Waals surface area contributed by atoms with Crippen LogP contribution in [0.4, 0.5) is 5.69 Å². The molecule has 0 radical (unpaired) electrons. The molecule has 4 aromatic rings. The third-order valence-electron chi connectivity index (χ3n) is 7.38. The molecule has 0 bridgehead atoms. The van der Waals surface area contributed by atoms with Crippen molar-refractivity contribution in [3.63, 3.8) is 0 Å². The number of ether oxygens (including phenoxy) is 1. The molecular weight excluding hydrogens is 556 g/mol. The van der Waals surface area contributed by atoms with Crippen LogP contribution in [0.1, 0.15) is 61.5 Å². The number of halogens is 1. The van der Waals surface area contributed by atoms with Gasteiger partial charge in [-0.15, -0.1) is 0 Å². The summed E-state index contributed by atoms with van der Waals surface area (Å²) in [6.45, 7) is 7.15. The molecule has 1 unspecified atom stereocenters. The van der Waals surface area contributed by atoms with Crippen molar-refractivity contribution >= 4 is 40.1 Å². The number of carbonyl (C=O) groups excluding carboxylic acids is 2. The van der Waals surface area contributed by atoms with E-state index in [9.17, 15) is 9.59 Å². The summed E-state index contributed by atoms with van der Waals surface area (Å²) < 4.78 is 7.85. The number of pyridine rings is 1. The molecule has 0 saturated carbocycles. The number of fused-ring (bicyclic) bond motifs is 2. The number of amides is 2. The predicted molar refractivity (Wildman–Crippen MR) is 162 cm³/mol. The number of nitrogens with two attached hydrogens (primary N) is 1. The number of nitrogens with zero attached hydrogens (tertiary/aromatic N) is 6. The van der Waals surface area contributed by atoms with Gasteiger partial charge in [0.05, 0.1) is 40.8 Å². The Bertz CT molecular complexity index is 1620. The summed E-state index contributed by atoms with van der Waals surface area (Å²) >= 11 is 5.93. The monoisotopic (exact) mass is 590 g/mol. The molecule has 1 atom stereocenters. The first-order valence-corrected chi connectivity index (χ1v) is 14.5. The van der Waals surface area contributed by atoms with Crippen LogP contribution >= 0.6 is 11.6 Å². The summed E-state index contributed by atoms with van der Waals surface area (Å²) in [5, 5.41) is 9.12. The van der Waals surface area contributed by atoms with E-state index in [1.54, 1.807) is 11.1 Å². The van der Waals surface area contributed by atoms with Crippen LogP contribution in [0, 0.1) is 5.92 Å². The number of aromatic nitrogens is 5. The van der Waals surface area contributed by atoms with Crippen molar-refractivity contribution < 1.29 is 14.3 Å². The fourth-order valence-corrected chi connectivity index (χ4v) is 5.48. The Morgan fingerprint density at radius 1 is 1.21 bits per heavy atom. The van der Waals surface area contributed by atoms with Crippen molar-refractivity contribution in [1.29, 1.82) is 0 Å². The van der Waals surface area contributed by atoms with E-state index in [-0.39, 0.29) is 31.0 Å². The van der Waals surface area contributed by atoms with Crippen LogP contribution in [0.2, 0.25) is 5.02 Å². The Balaban J connectivity index is 1.66. The van der Waals surface area contributed by atoms with E-state index in [2.05, 4.69) is 36.1 Å². The molecule has 3 N–H and O–H groups in total. The fourth-order valence-electron chi connectivity index (χ4n) is 5.38. The predicted octanol–water partition coefficient (Wildman–Crippen LogP) is 4.33. The molecule has 1 aliphatic heterocycles. The second-order valence-electron chi connectivity index (χ2n) is 10.8. The number of nitrogens with one attached hydrogen (secondary N) is 1. The first-order chi connectivity index (χ1) is 20.2. The van der Waals surface area contributed by atoms with Crippen molar-refractivity contribution in [2.24, 2.45) is 11.7 Å². The molecule has 11 nitrogen and oxygen atoms in total. The lowest BCUT2D eigenvalue weighted by atomic mass is 9.92. The highest BCUT2D eigenvalue weighted by molar-refractivity contribution is 6.30. The number of rotatable bonds is 11. The molecule has 4 heterocycles. The summed E-state index contributed by atoms with van der Waals surface area (Å²) in [5.74, 6) is 0.418. The highest BCUT2D eigenvalue weighted by atomic mass is 35.5. The molecule has 0 saturated heterocycles. The van der Waals surface area contributed by atoms with Crippen LogP contribution in [-0.2, 0) is 17.8 Å². The van der Waals surface area contributed by atoms with Gasteiger partial charge < -0.3 is 15.8 Å². The summed E-state index contributed by atoms with van der Waals surface area (Å²) in [4.78, 5) is 40.9. The second-order valence-corrected chi connectivity index (χ2v) is 11.3. The Morgan fingerprint density at radius 2 is 1.98 bits per heavy atom. The van der Waals surface area contributed by atoms with Gasteiger partial charge in [-0.1, -0.05) is 38.4 Å². The third kappa shape index (κ3) is 5.79. The van der Waals surface area contributed by atoms with Gasteiger partial charge in [0.1, 0.15) is 11.6 Å². The number of anilines is 1. The van der Waals surface area contributed by atoms with Crippen LogP contribution in [0.15, 0.2) is 36.8 Å². The molecule has 0 spiro atoms. The van der Waals surface area contributed by atoms with E-state index in [1.807, 2.05) is 29.9 Å². The van der Waals surface area contributed by atoms with Gasteiger partial charge in [0.2, 0.25) is 0 Å². The van der Waals surface area contributed by atoms with Crippen molar-refractivity contribution in [3.8, 4) is 16.9 Å². The lowest BCUT2D eigenvalue weighted by Crippen LogP contribution is -2.38. The molecule has 5 rings (SSSR count). The number of hydrogen-bond donors (Lipinski definition) is 2. The Kier molecular flexibility index (Phi) is 8.69. The van der Waals surface area contributed by atoms with Gasteiger partial charge in [-0.2, -0.15) is 5.10 Å². The Morgan fingerprint density at radius 3 is 2.64 bits per heavy atom. The lowest BCUT2D eigenvalue weighted by Gasteiger charge is -2.29. The number of benzene rings is 1. The van der Waals surface area contributed by atoms with Gasteiger partial charge in [0.25, 0.3) is 11.8 Å². The van der Waals surface area contributed by atoms with Crippen LogP contribution in [-0.4, -0.2) is 56.7 Å². The van der Waals surface area contributed by atoms with Crippen molar-refractivity contribution in [3.05, 3.63) is 58.9 Å². The zero-order valence-electron chi connectivity index (χ0n) is 24.2. The minimum absolute atomic E-state index is 0.128. The average molecular weight is 591 g/mol. The normalized spacial score (nSPS) is 13.9. The van der Waals surface area contributed by atoms with Crippen molar-refractivity contribution in [2.75, 3.05) is 25.1 Å². The Labute approximate surface area is 249 Å². The molecule has 3 aromatic heterocycles. The van der Waals surface area contributed by atoms with E-state index in [1.165, 1.54) is 12.4 Å². The van der Waals surface area contributed by atoms with Gasteiger partial charge in [-0.3, -0.25) is 14.5 Å². The number of carbonyl (C=O) groups is 2. The van der Waals surface area contributed by atoms with Crippen LogP contribution < -0.4 is 20.7 Å². The van der Waals surface area contributed by atoms with E-state index >= 15 is 0 Å². The molecule has 1 aliphatic rings. The van der Waals surface area contributed by atoms with Crippen molar-refractivity contribution in [2.45, 2.75) is 52.6 Å². The van der Waals surface area contributed by atoms with E-state index in [0.717, 1.165) is 30.3 Å². The van der Waals surface area contributed by atoms with Gasteiger partial charge in [0.15, 0.2) is 12.3 Å². The van der Waals surface area contributed by atoms with Crippen LogP contribution in [0.5, 0.6) is 5.75 Å². The minimum Gasteiger partial charge on any atom is -0.482 e. The molecule has 220 valence electrons.